The fourth-order valence-corrected chi connectivity index (χ4v) is 4.16. The predicted molar refractivity (Wildman–Crippen MR) is 113 cm³/mol. The van der Waals surface area contributed by atoms with Gasteiger partial charge < -0.3 is 10.1 Å². The van der Waals surface area contributed by atoms with Gasteiger partial charge in [0.25, 0.3) is 5.91 Å². The number of nitrogens with one attached hydrogen (secondary N) is 2. The Bertz CT molecular complexity index is 1040. The molecule has 2 heterocycles. The topological polar surface area (TPSA) is 97.4 Å². The molecule has 2 aromatic heterocycles. The summed E-state index contributed by atoms with van der Waals surface area (Å²) in [4.78, 5) is 40.3. The number of carbonyl (C=O) groups excluding carboxylic acids is 3. The van der Waals surface area contributed by atoms with Crippen LogP contribution in [0.3, 0.4) is 0 Å². The van der Waals surface area contributed by atoms with Gasteiger partial charge in [0.15, 0.2) is 5.13 Å². The van der Waals surface area contributed by atoms with Gasteiger partial charge in [-0.25, -0.2) is 9.78 Å². The summed E-state index contributed by atoms with van der Waals surface area (Å²) in [6.07, 6.45) is 0. The standard InChI is InChI=1S/C20H19N3O4S2/c1-11(21-12(2)24)13-4-6-14(7-5-13)15-10-28-20(22-15)23-18(25)16-8-9-17(29-16)19(26)27-3/h4-11H,1-3H3,(H,21,24)(H,22,23,25). The Labute approximate surface area is 175 Å². The quantitative estimate of drug-likeness (QED) is 0.575. The lowest BCUT2D eigenvalue weighted by molar-refractivity contribution is -0.119. The molecule has 0 spiro atoms. The number of benzene rings is 1. The molecule has 0 bridgehead atoms. The zero-order chi connectivity index (χ0) is 21.0. The maximum Gasteiger partial charge on any atom is 0.348 e. The molecule has 0 aliphatic heterocycles. The lowest BCUT2D eigenvalue weighted by Crippen LogP contribution is -2.23. The number of anilines is 1. The van der Waals surface area contributed by atoms with Crippen molar-refractivity contribution in [2.45, 2.75) is 19.9 Å². The van der Waals surface area contributed by atoms with Crippen LogP contribution in [0.25, 0.3) is 11.3 Å². The number of ether oxygens (including phenoxy) is 1. The second kappa shape index (κ2) is 8.97. The number of rotatable bonds is 6. The Morgan fingerprint density at radius 1 is 1.07 bits per heavy atom. The third kappa shape index (κ3) is 5.07. The zero-order valence-electron chi connectivity index (χ0n) is 16.0. The molecule has 3 aromatic rings. The summed E-state index contributed by atoms with van der Waals surface area (Å²) in [5.74, 6) is -0.877. The number of aromatic nitrogens is 1. The summed E-state index contributed by atoms with van der Waals surface area (Å²) in [5.41, 5.74) is 2.64. The number of thiophene rings is 1. The fraction of sp³-hybridized carbons (Fsp3) is 0.200. The summed E-state index contributed by atoms with van der Waals surface area (Å²) < 4.78 is 4.65. The number of nitrogens with zero attached hydrogens (tertiary/aromatic N) is 1. The molecule has 1 aromatic carbocycles. The molecule has 0 saturated carbocycles. The van der Waals surface area contributed by atoms with Crippen LogP contribution in [0.5, 0.6) is 0 Å². The van der Waals surface area contributed by atoms with Gasteiger partial charge in [0.05, 0.1) is 23.7 Å². The molecule has 1 atom stereocenters. The van der Waals surface area contributed by atoms with E-state index in [0.717, 1.165) is 28.2 Å². The van der Waals surface area contributed by atoms with Crippen molar-refractivity contribution in [3.63, 3.8) is 0 Å². The molecule has 7 nitrogen and oxygen atoms in total. The molecule has 0 fully saturated rings. The Balaban J connectivity index is 1.67. The molecule has 150 valence electrons. The van der Waals surface area contributed by atoms with Crippen LogP contribution in [0, 0.1) is 0 Å². The zero-order valence-corrected chi connectivity index (χ0v) is 17.6. The van der Waals surface area contributed by atoms with Crippen LogP contribution >= 0.6 is 22.7 Å². The highest BCUT2D eigenvalue weighted by Gasteiger charge is 2.16. The van der Waals surface area contributed by atoms with Gasteiger partial charge in [-0.1, -0.05) is 24.3 Å². The van der Waals surface area contributed by atoms with E-state index in [1.54, 1.807) is 12.1 Å². The van der Waals surface area contributed by atoms with Gasteiger partial charge in [-0.15, -0.1) is 22.7 Å². The van der Waals surface area contributed by atoms with E-state index in [1.807, 2.05) is 36.6 Å². The normalized spacial score (nSPS) is 11.6. The van der Waals surface area contributed by atoms with Gasteiger partial charge in [-0.05, 0) is 24.6 Å². The molecule has 9 heteroatoms. The van der Waals surface area contributed by atoms with E-state index in [1.165, 1.54) is 25.4 Å². The highest BCUT2D eigenvalue weighted by molar-refractivity contribution is 7.16. The van der Waals surface area contributed by atoms with E-state index in [-0.39, 0.29) is 17.9 Å². The van der Waals surface area contributed by atoms with E-state index in [9.17, 15) is 14.4 Å². The molecule has 0 radical (unpaired) electrons. The van der Waals surface area contributed by atoms with Crippen LogP contribution in [0.1, 0.15) is 44.8 Å². The number of amides is 2. The molecule has 29 heavy (non-hydrogen) atoms. The van der Waals surface area contributed by atoms with Gasteiger partial charge in [-0.3, -0.25) is 14.9 Å². The summed E-state index contributed by atoms with van der Waals surface area (Å²) in [7, 11) is 1.30. The van der Waals surface area contributed by atoms with Crippen LogP contribution in [0.2, 0.25) is 0 Å². The van der Waals surface area contributed by atoms with Crippen molar-refractivity contribution in [1.29, 1.82) is 0 Å². The molecule has 0 aliphatic carbocycles. The summed E-state index contributed by atoms with van der Waals surface area (Å²) in [6.45, 7) is 3.41. The largest absolute Gasteiger partial charge is 0.465 e. The first-order valence-corrected chi connectivity index (χ1v) is 10.4. The Morgan fingerprint density at radius 2 is 1.76 bits per heavy atom. The van der Waals surface area contributed by atoms with Crippen molar-refractivity contribution < 1.29 is 19.1 Å². The van der Waals surface area contributed by atoms with Crippen LogP contribution in [0.15, 0.2) is 41.8 Å². The maximum absolute atomic E-state index is 12.4. The van der Waals surface area contributed by atoms with Crippen molar-refractivity contribution in [3.05, 3.63) is 57.1 Å². The smallest absolute Gasteiger partial charge is 0.348 e. The second-order valence-electron chi connectivity index (χ2n) is 6.19. The lowest BCUT2D eigenvalue weighted by Gasteiger charge is -2.12. The number of carbonyl (C=O) groups is 3. The van der Waals surface area contributed by atoms with Crippen LogP contribution in [-0.4, -0.2) is 29.9 Å². The van der Waals surface area contributed by atoms with Gasteiger partial charge in [0, 0.05) is 17.9 Å². The fourth-order valence-electron chi connectivity index (χ4n) is 2.62. The Hall–Kier alpha value is -3.04. The number of thiazole rings is 1. The first kappa shape index (κ1) is 20.7. The number of hydrogen-bond acceptors (Lipinski definition) is 7. The van der Waals surface area contributed by atoms with E-state index in [2.05, 4.69) is 20.4 Å². The number of esters is 1. The summed E-state index contributed by atoms with van der Waals surface area (Å²) >= 11 is 2.38. The number of methoxy groups -OCH3 is 1. The second-order valence-corrected chi connectivity index (χ2v) is 8.13. The van der Waals surface area contributed by atoms with Crippen molar-refractivity contribution in [2.75, 3.05) is 12.4 Å². The van der Waals surface area contributed by atoms with Crippen molar-refractivity contribution in [2.24, 2.45) is 0 Å². The highest BCUT2D eigenvalue weighted by Crippen LogP contribution is 2.27. The monoisotopic (exact) mass is 429 g/mol. The molecular formula is C20H19N3O4S2. The van der Waals surface area contributed by atoms with E-state index in [0.29, 0.717) is 14.9 Å². The summed E-state index contributed by atoms with van der Waals surface area (Å²) in [5, 5.41) is 7.92. The lowest BCUT2D eigenvalue weighted by atomic mass is 10.1. The molecule has 1 unspecified atom stereocenters. The molecule has 0 aliphatic rings. The Morgan fingerprint density at radius 3 is 2.41 bits per heavy atom. The molecule has 3 rings (SSSR count). The molecule has 0 saturated heterocycles. The predicted octanol–water partition coefficient (Wildman–Crippen LogP) is 4.11. The summed E-state index contributed by atoms with van der Waals surface area (Å²) in [6, 6.07) is 10.8. The number of hydrogen-bond donors (Lipinski definition) is 2. The minimum atomic E-state index is -0.471. The average Bonchev–Trinajstić information content (AvgIpc) is 3.37. The van der Waals surface area contributed by atoms with Gasteiger partial charge in [0.1, 0.15) is 4.88 Å². The first-order valence-electron chi connectivity index (χ1n) is 8.70. The van der Waals surface area contributed by atoms with Crippen LogP contribution in [-0.2, 0) is 9.53 Å². The van der Waals surface area contributed by atoms with Gasteiger partial charge in [-0.2, -0.15) is 0 Å². The van der Waals surface area contributed by atoms with E-state index >= 15 is 0 Å². The van der Waals surface area contributed by atoms with Gasteiger partial charge >= 0.3 is 5.97 Å². The van der Waals surface area contributed by atoms with Crippen molar-refractivity contribution >= 4 is 45.6 Å². The van der Waals surface area contributed by atoms with Crippen molar-refractivity contribution in [1.82, 2.24) is 10.3 Å². The van der Waals surface area contributed by atoms with Crippen LogP contribution < -0.4 is 10.6 Å². The highest BCUT2D eigenvalue weighted by atomic mass is 32.1. The minimum absolute atomic E-state index is 0.0764. The minimum Gasteiger partial charge on any atom is -0.465 e. The Kier molecular flexibility index (Phi) is 6.40. The third-order valence-corrected chi connectivity index (χ3v) is 5.89. The van der Waals surface area contributed by atoms with E-state index < -0.39 is 5.97 Å². The molecule has 2 N–H and O–H groups in total. The SMILES string of the molecule is COC(=O)c1ccc(C(=O)Nc2nc(-c3ccc(C(C)NC(C)=O)cc3)cs2)s1. The molecule has 2 amide bonds. The third-order valence-electron chi connectivity index (χ3n) is 4.07. The average molecular weight is 430 g/mol. The van der Waals surface area contributed by atoms with Gasteiger partial charge in [0.2, 0.25) is 5.91 Å². The van der Waals surface area contributed by atoms with Crippen molar-refractivity contribution in [3.8, 4) is 11.3 Å². The molecular weight excluding hydrogens is 410 g/mol. The van der Waals surface area contributed by atoms with Crippen LogP contribution in [0.4, 0.5) is 5.13 Å². The maximum atomic E-state index is 12.4. The first-order chi connectivity index (χ1) is 13.9. The van der Waals surface area contributed by atoms with E-state index in [4.69, 9.17) is 0 Å².